The van der Waals surface area contributed by atoms with Gasteiger partial charge in [0.1, 0.15) is 10.7 Å². The molecule has 0 radical (unpaired) electrons. The van der Waals surface area contributed by atoms with E-state index in [4.69, 9.17) is 16.5 Å². The van der Waals surface area contributed by atoms with E-state index >= 15 is 0 Å². The number of aromatic nitrogens is 2. The first-order valence-electron chi connectivity index (χ1n) is 6.85. The van der Waals surface area contributed by atoms with Crippen LogP contribution in [0.1, 0.15) is 17.5 Å². The van der Waals surface area contributed by atoms with Gasteiger partial charge in [-0.25, -0.2) is 9.97 Å². The van der Waals surface area contributed by atoms with Crippen molar-refractivity contribution in [2.75, 3.05) is 11.5 Å². The van der Waals surface area contributed by atoms with Crippen LogP contribution in [0.25, 0.3) is 0 Å². The second kappa shape index (κ2) is 7.88. The van der Waals surface area contributed by atoms with Crippen LogP contribution in [-0.4, -0.2) is 21.0 Å². The third-order valence-corrected chi connectivity index (χ3v) is 4.06. The Hall–Kier alpha value is -1.76. The summed E-state index contributed by atoms with van der Waals surface area (Å²) in [4.78, 5) is 15.9. The SMILES string of the molecule is O=[P+](O)CCCc1ccc(Nc2ncc(C(F)(F)F)c(Cl)n2)cc1. The first-order chi connectivity index (χ1) is 11.3. The molecule has 1 aromatic carbocycles. The van der Waals surface area contributed by atoms with Crippen LogP contribution in [0, 0.1) is 0 Å². The van der Waals surface area contributed by atoms with Gasteiger partial charge in [-0.2, -0.15) is 18.1 Å². The molecule has 0 aliphatic carbocycles. The summed E-state index contributed by atoms with van der Waals surface area (Å²) in [5.74, 6) is -0.0435. The van der Waals surface area contributed by atoms with E-state index in [2.05, 4.69) is 15.3 Å². The van der Waals surface area contributed by atoms with Crippen LogP contribution >= 0.6 is 19.6 Å². The summed E-state index contributed by atoms with van der Waals surface area (Å²) >= 11 is 5.53. The summed E-state index contributed by atoms with van der Waals surface area (Å²) in [6.07, 6.45) is -2.48. The molecule has 24 heavy (non-hydrogen) atoms. The fourth-order valence-electron chi connectivity index (χ4n) is 1.91. The zero-order valence-electron chi connectivity index (χ0n) is 12.2. The minimum absolute atomic E-state index is 0.0435. The Labute approximate surface area is 141 Å². The Bertz CT molecular complexity index is 726. The van der Waals surface area contributed by atoms with Crippen LogP contribution in [0.4, 0.5) is 24.8 Å². The predicted octanol–water partition coefficient (Wildman–Crippen LogP) is 4.56. The van der Waals surface area contributed by atoms with E-state index in [0.29, 0.717) is 24.7 Å². The van der Waals surface area contributed by atoms with Gasteiger partial charge in [-0.15, -0.1) is 0 Å². The molecule has 0 aliphatic rings. The highest BCUT2D eigenvalue weighted by atomic mass is 35.5. The summed E-state index contributed by atoms with van der Waals surface area (Å²) in [5.41, 5.74) is 0.471. The van der Waals surface area contributed by atoms with E-state index in [0.717, 1.165) is 5.56 Å². The molecule has 128 valence electrons. The average molecular weight is 379 g/mol. The highest BCUT2D eigenvalue weighted by molar-refractivity contribution is 7.37. The van der Waals surface area contributed by atoms with Gasteiger partial charge in [0.05, 0.1) is 0 Å². The van der Waals surface area contributed by atoms with E-state index in [-0.39, 0.29) is 12.1 Å². The highest BCUT2D eigenvalue weighted by Crippen LogP contribution is 2.33. The number of hydrogen-bond donors (Lipinski definition) is 2. The third-order valence-electron chi connectivity index (χ3n) is 3.07. The fourth-order valence-corrected chi connectivity index (χ4v) is 2.58. The van der Waals surface area contributed by atoms with Crippen molar-refractivity contribution >= 4 is 31.3 Å². The van der Waals surface area contributed by atoms with Gasteiger partial charge < -0.3 is 5.32 Å². The number of halogens is 4. The molecule has 0 bridgehead atoms. The minimum atomic E-state index is -4.60. The van der Waals surface area contributed by atoms with E-state index in [1.165, 1.54) is 0 Å². The summed E-state index contributed by atoms with van der Waals surface area (Å²) in [6, 6.07) is 7.03. The molecule has 5 nitrogen and oxygen atoms in total. The van der Waals surface area contributed by atoms with Gasteiger partial charge >= 0.3 is 14.2 Å². The maximum absolute atomic E-state index is 12.6. The van der Waals surface area contributed by atoms with Crippen molar-refractivity contribution in [3.05, 3.63) is 46.7 Å². The summed E-state index contributed by atoms with van der Waals surface area (Å²) in [7, 11) is -2.12. The lowest BCUT2D eigenvalue weighted by Gasteiger charge is -2.10. The smallest absolute Gasteiger partial charge is 0.324 e. The number of aryl methyl sites for hydroxylation is 1. The van der Waals surface area contributed by atoms with Crippen molar-refractivity contribution in [1.29, 1.82) is 0 Å². The van der Waals surface area contributed by atoms with Crippen molar-refractivity contribution in [3.63, 3.8) is 0 Å². The molecule has 0 amide bonds. The summed E-state index contributed by atoms with van der Waals surface area (Å²) in [6.45, 7) is 0. The molecule has 0 aliphatic heterocycles. The van der Waals surface area contributed by atoms with Crippen LogP contribution in [0.15, 0.2) is 30.5 Å². The third kappa shape index (κ3) is 5.40. The number of nitrogens with zero attached hydrogens (tertiary/aromatic N) is 2. The largest absolute Gasteiger partial charge is 0.505 e. The lowest BCUT2D eigenvalue weighted by Crippen LogP contribution is -2.09. The van der Waals surface area contributed by atoms with Crippen molar-refractivity contribution in [3.8, 4) is 0 Å². The van der Waals surface area contributed by atoms with Crippen molar-refractivity contribution < 1.29 is 22.6 Å². The number of benzene rings is 1. The number of alkyl halides is 3. The first kappa shape index (κ1) is 18.6. The molecule has 0 saturated carbocycles. The van der Waals surface area contributed by atoms with Crippen LogP contribution in [0.2, 0.25) is 5.15 Å². The average Bonchev–Trinajstić information content (AvgIpc) is 2.47. The number of anilines is 2. The molecular weight excluding hydrogens is 366 g/mol. The molecule has 0 spiro atoms. The summed E-state index contributed by atoms with van der Waals surface area (Å²) < 4.78 is 48.4. The fraction of sp³-hybridized carbons (Fsp3) is 0.286. The molecule has 1 unspecified atom stereocenters. The van der Waals surface area contributed by atoms with E-state index in [1.54, 1.807) is 24.3 Å². The maximum atomic E-state index is 12.6. The molecule has 2 aromatic rings. The predicted molar refractivity (Wildman–Crippen MR) is 84.8 cm³/mol. The highest BCUT2D eigenvalue weighted by Gasteiger charge is 2.34. The number of nitrogens with one attached hydrogen (secondary N) is 1. The monoisotopic (exact) mass is 378 g/mol. The van der Waals surface area contributed by atoms with Gasteiger partial charge in [-0.05, 0) is 35.1 Å². The number of rotatable bonds is 6. The summed E-state index contributed by atoms with van der Waals surface area (Å²) in [5, 5.41) is 2.09. The molecule has 2 N–H and O–H groups in total. The van der Waals surface area contributed by atoms with Gasteiger partial charge in [0.2, 0.25) is 5.95 Å². The van der Waals surface area contributed by atoms with Crippen molar-refractivity contribution in [2.24, 2.45) is 0 Å². The topological polar surface area (TPSA) is 75.1 Å². The van der Waals surface area contributed by atoms with E-state index < -0.39 is 24.9 Å². The van der Waals surface area contributed by atoms with Gasteiger partial charge in [0.25, 0.3) is 0 Å². The van der Waals surface area contributed by atoms with Crippen molar-refractivity contribution in [1.82, 2.24) is 9.97 Å². The second-order valence-corrected chi connectivity index (χ2v) is 6.41. The van der Waals surface area contributed by atoms with Crippen LogP contribution < -0.4 is 5.32 Å². The standard InChI is InChI=1S/C14H12ClF3N3O2P/c15-12-11(14(16,17)18)8-19-13(21-12)20-10-5-3-9(4-6-10)2-1-7-24(22)23/h3-6,8H,1-2,7H2,(H-,19,20,21,22,23)/p+1. The van der Waals surface area contributed by atoms with Gasteiger partial charge in [-0.1, -0.05) is 23.7 Å². The maximum Gasteiger partial charge on any atom is 0.505 e. The van der Waals surface area contributed by atoms with E-state index in [1.807, 2.05) is 0 Å². The lowest BCUT2D eigenvalue weighted by atomic mass is 10.1. The van der Waals surface area contributed by atoms with Crippen molar-refractivity contribution in [2.45, 2.75) is 19.0 Å². The Morgan fingerprint density at radius 2 is 1.92 bits per heavy atom. The molecule has 10 heteroatoms. The van der Waals surface area contributed by atoms with Crippen LogP contribution in [0.5, 0.6) is 0 Å². The van der Waals surface area contributed by atoms with Crippen LogP contribution in [0.3, 0.4) is 0 Å². The lowest BCUT2D eigenvalue weighted by molar-refractivity contribution is -0.137. The molecule has 1 aromatic heterocycles. The second-order valence-electron chi connectivity index (χ2n) is 4.90. The van der Waals surface area contributed by atoms with Gasteiger partial charge in [0.15, 0.2) is 6.16 Å². The molecule has 0 fully saturated rings. The number of hydrogen-bond acceptors (Lipinski definition) is 4. The van der Waals surface area contributed by atoms with E-state index in [9.17, 15) is 17.7 Å². The molecule has 2 rings (SSSR count). The molecule has 1 heterocycles. The minimum Gasteiger partial charge on any atom is -0.324 e. The Morgan fingerprint density at radius 1 is 1.25 bits per heavy atom. The zero-order chi connectivity index (χ0) is 17.7. The molecule has 0 saturated heterocycles. The Morgan fingerprint density at radius 3 is 2.46 bits per heavy atom. The quantitative estimate of drug-likeness (QED) is 0.569. The normalized spacial score (nSPS) is 12.1. The first-order valence-corrected chi connectivity index (χ1v) is 8.62. The molecular formula is C14H13ClF3N3O2P+. The molecule has 1 atom stereocenters. The Balaban J connectivity index is 2.01. The van der Waals surface area contributed by atoms with Gasteiger partial charge in [0, 0.05) is 11.9 Å². The Kier molecular flexibility index (Phi) is 6.10. The van der Waals surface area contributed by atoms with Crippen LogP contribution in [-0.2, 0) is 17.2 Å². The zero-order valence-corrected chi connectivity index (χ0v) is 13.9. The van der Waals surface area contributed by atoms with Gasteiger partial charge in [-0.3, -0.25) is 0 Å².